The third-order valence-electron chi connectivity index (χ3n) is 3.47. The highest BCUT2D eigenvalue weighted by molar-refractivity contribution is 8.02. The molecule has 2 aromatic rings. The second-order valence-electron chi connectivity index (χ2n) is 6.14. The van der Waals surface area contributed by atoms with Crippen LogP contribution in [0.2, 0.25) is 0 Å². The molecule has 1 aromatic carbocycles. The van der Waals surface area contributed by atoms with E-state index >= 15 is 0 Å². The molecule has 0 aliphatic rings. The maximum Gasteiger partial charge on any atom is 0.240 e. The van der Waals surface area contributed by atoms with Crippen LogP contribution in [0, 0.1) is 17.2 Å². The summed E-state index contributed by atoms with van der Waals surface area (Å²) in [7, 11) is 0. The molecule has 1 amide bonds. The Bertz CT molecular complexity index is 742. The first kappa shape index (κ1) is 20.2. The van der Waals surface area contributed by atoms with E-state index in [9.17, 15) is 4.79 Å². The Hall–Kier alpha value is -2.11. The summed E-state index contributed by atoms with van der Waals surface area (Å²) < 4.78 is 0.755. The maximum absolute atomic E-state index is 12.9. The molecule has 1 heterocycles. The monoisotopic (exact) mass is 389 g/mol. The largest absolute Gasteiger partial charge is 0.360 e. The smallest absolute Gasteiger partial charge is 0.240 e. The number of para-hydroxylation sites is 1. The Labute approximate surface area is 162 Å². The van der Waals surface area contributed by atoms with Crippen molar-refractivity contribution in [3.8, 4) is 6.07 Å². The Balaban J connectivity index is 2.03. The molecule has 0 bridgehead atoms. The van der Waals surface area contributed by atoms with Gasteiger partial charge in [-0.25, -0.2) is 0 Å². The second kappa shape index (κ2) is 10.1. The van der Waals surface area contributed by atoms with E-state index < -0.39 is 0 Å². The van der Waals surface area contributed by atoms with E-state index in [1.54, 1.807) is 4.90 Å². The molecule has 138 valence electrons. The van der Waals surface area contributed by atoms with Crippen molar-refractivity contribution in [3.63, 3.8) is 0 Å². The van der Waals surface area contributed by atoms with Crippen molar-refractivity contribution in [1.82, 2.24) is 10.2 Å². The number of rotatable bonds is 9. The lowest BCUT2D eigenvalue weighted by molar-refractivity contribution is -0.117. The van der Waals surface area contributed by atoms with Crippen molar-refractivity contribution in [2.45, 2.75) is 36.8 Å². The third-order valence-corrected chi connectivity index (χ3v) is 5.53. The molecule has 8 heteroatoms. The van der Waals surface area contributed by atoms with E-state index in [-0.39, 0.29) is 11.2 Å². The van der Waals surface area contributed by atoms with Gasteiger partial charge in [0.05, 0.1) is 17.7 Å². The van der Waals surface area contributed by atoms with Gasteiger partial charge in [0.15, 0.2) is 4.34 Å². The third kappa shape index (κ3) is 6.00. The van der Waals surface area contributed by atoms with Crippen LogP contribution in [-0.4, -0.2) is 34.4 Å². The number of nitrogens with one attached hydrogen (secondary N) is 1. The Morgan fingerprint density at radius 3 is 2.69 bits per heavy atom. The second-order valence-corrected chi connectivity index (χ2v) is 8.71. The molecule has 26 heavy (non-hydrogen) atoms. The van der Waals surface area contributed by atoms with Crippen LogP contribution in [0.25, 0.3) is 0 Å². The molecule has 0 spiro atoms. The number of anilines is 2. The van der Waals surface area contributed by atoms with Gasteiger partial charge in [0.2, 0.25) is 11.0 Å². The summed E-state index contributed by atoms with van der Waals surface area (Å²) in [5, 5.41) is 20.9. The lowest BCUT2D eigenvalue weighted by Gasteiger charge is -2.24. The van der Waals surface area contributed by atoms with Crippen molar-refractivity contribution < 1.29 is 4.79 Å². The number of aromatic nitrogens is 2. The first-order valence-corrected chi connectivity index (χ1v) is 10.2. The van der Waals surface area contributed by atoms with E-state index in [1.807, 2.05) is 37.3 Å². The lowest BCUT2D eigenvalue weighted by Crippen LogP contribution is -2.37. The number of nitrogens with zero attached hydrogens (tertiary/aromatic N) is 4. The highest BCUT2D eigenvalue weighted by atomic mass is 32.2. The molecule has 0 aliphatic heterocycles. The van der Waals surface area contributed by atoms with Crippen LogP contribution < -0.4 is 10.2 Å². The normalized spacial score (nSPS) is 11.8. The minimum Gasteiger partial charge on any atom is -0.360 e. The van der Waals surface area contributed by atoms with Gasteiger partial charge in [-0.05, 0) is 25.0 Å². The van der Waals surface area contributed by atoms with Gasteiger partial charge >= 0.3 is 0 Å². The molecule has 0 aliphatic carbocycles. The fourth-order valence-corrected chi connectivity index (χ4v) is 4.14. The molecular weight excluding hydrogens is 366 g/mol. The topological polar surface area (TPSA) is 81.9 Å². The Morgan fingerprint density at radius 2 is 2.04 bits per heavy atom. The molecular formula is C18H23N5OS2. The van der Waals surface area contributed by atoms with Crippen LogP contribution in [0.5, 0.6) is 0 Å². The fourth-order valence-electron chi connectivity index (χ4n) is 2.18. The van der Waals surface area contributed by atoms with Gasteiger partial charge in [0.1, 0.15) is 0 Å². The van der Waals surface area contributed by atoms with Crippen molar-refractivity contribution in [3.05, 3.63) is 30.3 Å². The number of nitriles is 1. The maximum atomic E-state index is 12.9. The Kier molecular flexibility index (Phi) is 7.88. The van der Waals surface area contributed by atoms with Crippen LogP contribution in [0.4, 0.5) is 10.8 Å². The summed E-state index contributed by atoms with van der Waals surface area (Å²) in [6.07, 6.45) is 0.292. The molecule has 1 aromatic heterocycles. The first-order valence-electron chi connectivity index (χ1n) is 8.48. The van der Waals surface area contributed by atoms with Crippen molar-refractivity contribution >= 4 is 39.8 Å². The quantitative estimate of drug-likeness (QED) is 0.652. The van der Waals surface area contributed by atoms with Gasteiger partial charge in [-0.3, -0.25) is 4.79 Å². The molecule has 6 nitrogen and oxygen atoms in total. The summed E-state index contributed by atoms with van der Waals surface area (Å²) >= 11 is 2.85. The number of carbonyl (C=O) groups is 1. The van der Waals surface area contributed by atoms with Gasteiger partial charge in [-0.1, -0.05) is 55.1 Å². The van der Waals surface area contributed by atoms with E-state index in [2.05, 4.69) is 35.4 Å². The SMILES string of the molecule is CC(C)CNc1nnc(SC(C)C(=O)N(CCC#N)c2ccccc2)s1. The number of thioether (sulfide) groups is 1. The summed E-state index contributed by atoms with van der Waals surface area (Å²) in [6.45, 7) is 7.33. The molecule has 0 radical (unpaired) electrons. The zero-order valence-electron chi connectivity index (χ0n) is 15.2. The molecule has 1 unspecified atom stereocenters. The molecule has 2 rings (SSSR count). The van der Waals surface area contributed by atoms with E-state index in [0.29, 0.717) is 18.9 Å². The van der Waals surface area contributed by atoms with Crippen LogP contribution in [0.15, 0.2) is 34.7 Å². The van der Waals surface area contributed by atoms with Gasteiger partial charge in [0, 0.05) is 18.8 Å². The number of carbonyl (C=O) groups excluding carboxylic acids is 1. The first-order chi connectivity index (χ1) is 12.5. The van der Waals surface area contributed by atoms with Gasteiger partial charge in [-0.2, -0.15) is 5.26 Å². The van der Waals surface area contributed by atoms with Crippen LogP contribution in [0.1, 0.15) is 27.2 Å². The molecule has 1 N–H and O–H groups in total. The van der Waals surface area contributed by atoms with Crippen LogP contribution in [-0.2, 0) is 4.79 Å². The van der Waals surface area contributed by atoms with Crippen molar-refractivity contribution in [2.75, 3.05) is 23.3 Å². The standard InChI is InChI=1S/C18H23N5OS2/c1-13(2)12-20-17-21-22-18(26-17)25-14(3)16(24)23(11-7-10-19)15-8-5-4-6-9-15/h4-6,8-9,13-14H,7,11-12H2,1-3H3,(H,20,21). The van der Waals surface area contributed by atoms with E-state index in [1.165, 1.54) is 23.1 Å². The highest BCUT2D eigenvalue weighted by Gasteiger charge is 2.24. The zero-order chi connectivity index (χ0) is 18.9. The Morgan fingerprint density at radius 1 is 1.31 bits per heavy atom. The average Bonchev–Trinajstić information content (AvgIpc) is 3.08. The molecule has 1 atom stereocenters. The summed E-state index contributed by atoms with van der Waals surface area (Å²) in [5.41, 5.74) is 0.803. The van der Waals surface area contributed by atoms with E-state index in [4.69, 9.17) is 5.26 Å². The minimum atomic E-state index is -0.320. The van der Waals surface area contributed by atoms with Gasteiger partial charge in [-0.15, -0.1) is 10.2 Å². The zero-order valence-corrected chi connectivity index (χ0v) is 16.8. The predicted molar refractivity (Wildman–Crippen MR) is 108 cm³/mol. The average molecular weight is 390 g/mol. The van der Waals surface area contributed by atoms with Crippen LogP contribution in [0.3, 0.4) is 0 Å². The van der Waals surface area contributed by atoms with Gasteiger partial charge < -0.3 is 10.2 Å². The number of hydrogen-bond donors (Lipinski definition) is 1. The summed E-state index contributed by atoms with van der Waals surface area (Å²) in [5.74, 6) is 0.485. The molecule has 0 saturated carbocycles. The van der Waals surface area contributed by atoms with Crippen molar-refractivity contribution in [1.29, 1.82) is 5.26 Å². The van der Waals surface area contributed by atoms with Gasteiger partial charge in [0.25, 0.3) is 0 Å². The van der Waals surface area contributed by atoms with Crippen LogP contribution >= 0.6 is 23.1 Å². The highest BCUT2D eigenvalue weighted by Crippen LogP contribution is 2.30. The number of amides is 1. The number of hydrogen-bond acceptors (Lipinski definition) is 7. The summed E-state index contributed by atoms with van der Waals surface area (Å²) in [6, 6.07) is 11.5. The van der Waals surface area contributed by atoms with E-state index in [0.717, 1.165) is 21.7 Å². The number of benzene rings is 1. The molecule has 0 fully saturated rings. The molecule has 0 saturated heterocycles. The summed E-state index contributed by atoms with van der Waals surface area (Å²) in [4.78, 5) is 14.6. The van der Waals surface area contributed by atoms with Crippen molar-refractivity contribution in [2.24, 2.45) is 5.92 Å². The fraction of sp³-hybridized carbons (Fsp3) is 0.444. The lowest BCUT2D eigenvalue weighted by atomic mass is 10.2. The predicted octanol–water partition coefficient (Wildman–Crippen LogP) is 4.03. The minimum absolute atomic E-state index is 0.0386.